The van der Waals surface area contributed by atoms with E-state index in [9.17, 15) is 4.79 Å². The van der Waals surface area contributed by atoms with Gasteiger partial charge in [0.1, 0.15) is 29.4 Å². The van der Waals surface area contributed by atoms with Gasteiger partial charge in [-0.2, -0.15) is 0 Å². The molecule has 11 nitrogen and oxygen atoms in total. The second-order valence-corrected chi connectivity index (χ2v) is 11.2. The third-order valence-electron chi connectivity index (χ3n) is 8.32. The quantitative estimate of drug-likeness (QED) is 0.161. The zero-order valence-corrected chi connectivity index (χ0v) is 25.7. The monoisotopic (exact) mass is 612 g/mol. The number of ether oxygens (including phenoxy) is 3. The van der Waals surface area contributed by atoms with Crippen molar-refractivity contribution in [2.24, 2.45) is 0 Å². The number of aromatic nitrogens is 2. The van der Waals surface area contributed by atoms with Crippen molar-refractivity contribution in [2.45, 2.75) is 25.3 Å². The predicted molar refractivity (Wildman–Crippen MR) is 174 cm³/mol. The molecule has 2 aliphatic heterocycles. The van der Waals surface area contributed by atoms with Crippen LogP contribution in [0.15, 0.2) is 72.1 Å². The number of nitrogens with one attached hydrogen (secondary N) is 2. The van der Waals surface area contributed by atoms with Crippen LogP contribution >= 0.6 is 0 Å². The normalized spacial score (nSPS) is 16.0. The number of hydrogen-bond donors (Lipinski definition) is 2. The first-order valence-corrected chi connectivity index (χ1v) is 15.5. The standard InChI is InChI=1S/C34H40N6O5/c1-3-33(41)40-12-9-25(10-13-40)37-29-21-26-27(22-32(29)45-17-5-11-39-14-18-43-19-15-39)35-23-36-34(26)38-28-20-24(7-8-31(28)42-2)30-6-4-16-44-30/h3-4,6-8,16,20-23,25,37H,1,5,9-15,17-19H2,2H3,(H,35,36,38). The van der Waals surface area contributed by atoms with Gasteiger partial charge in [0.15, 0.2) is 0 Å². The first-order chi connectivity index (χ1) is 22.1. The molecular formula is C34H40N6O5. The van der Waals surface area contributed by atoms with E-state index in [-0.39, 0.29) is 11.9 Å². The SMILES string of the molecule is C=CC(=O)N1CCC(Nc2cc3c(Nc4cc(-c5ccco5)ccc4OC)ncnc3cc2OCCCN2CCOCC2)CC1. The van der Waals surface area contributed by atoms with Crippen LogP contribution in [0, 0.1) is 0 Å². The summed E-state index contributed by atoms with van der Waals surface area (Å²) in [5, 5.41) is 8.03. The second kappa shape index (κ2) is 14.4. The van der Waals surface area contributed by atoms with E-state index in [0.29, 0.717) is 31.3 Å². The second-order valence-electron chi connectivity index (χ2n) is 11.2. The summed E-state index contributed by atoms with van der Waals surface area (Å²) in [6.07, 6.45) is 7.13. The molecule has 0 spiro atoms. The average molecular weight is 613 g/mol. The molecule has 0 saturated carbocycles. The maximum Gasteiger partial charge on any atom is 0.245 e. The number of rotatable bonds is 12. The summed E-state index contributed by atoms with van der Waals surface area (Å²) >= 11 is 0. The van der Waals surface area contributed by atoms with Crippen LogP contribution in [-0.4, -0.2) is 91.4 Å². The molecule has 236 valence electrons. The maximum atomic E-state index is 12.1. The van der Waals surface area contributed by atoms with E-state index in [1.54, 1.807) is 19.7 Å². The van der Waals surface area contributed by atoms with Crippen LogP contribution in [-0.2, 0) is 9.53 Å². The van der Waals surface area contributed by atoms with E-state index in [4.69, 9.17) is 18.6 Å². The Morgan fingerprint density at radius 3 is 2.67 bits per heavy atom. The number of carbonyl (C=O) groups excluding carboxylic acids is 1. The van der Waals surface area contributed by atoms with Crippen LogP contribution in [0.3, 0.4) is 0 Å². The van der Waals surface area contributed by atoms with E-state index in [1.807, 2.05) is 41.3 Å². The van der Waals surface area contributed by atoms with Gasteiger partial charge in [-0.3, -0.25) is 9.69 Å². The van der Waals surface area contributed by atoms with Crippen LogP contribution in [0.4, 0.5) is 17.2 Å². The molecule has 2 aromatic heterocycles. The summed E-state index contributed by atoms with van der Waals surface area (Å²) in [5.41, 5.74) is 3.30. The number of piperidine rings is 1. The Kier molecular flexibility index (Phi) is 9.77. The van der Waals surface area contributed by atoms with Crippen molar-refractivity contribution < 1.29 is 23.4 Å². The van der Waals surface area contributed by atoms with Crippen molar-refractivity contribution in [1.82, 2.24) is 19.8 Å². The van der Waals surface area contributed by atoms with Crippen LogP contribution in [0.25, 0.3) is 22.2 Å². The Hall–Kier alpha value is -4.61. The van der Waals surface area contributed by atoms with Gasteiger partial charge in [0.25, 0.3) is 0 Å². The van der Waals surface area contributed by atoms with E-state index >= 15 is 0 Å². The molecule has 0 bridgehead atoms. The fourth-order valence-corrected chi connectivity index (χ4v) is 5.83. The molecule has 0 atom stereocenters. The molecule has 2 aliphatic rings. The number of morpholine rings is 1. The minimum atomic E-state index is -0.0251. The number of carbonyl (C=O) groups is 1. The number of fused-ring (bicyclic) bond motifs is 1. The van der Waals surface area contributed by atoms with Gasteiger partial charge in [-0.25, -0.2) is 9.97 Å². The highest BCUT2D eigenvalue weighted by Crippen LogP contribution is 2.37. The number of anilines is 3. The Bertz CT molecular complexity index is 1600. The van der Waals surface area contributed by atoms with Crippen molar-refractivity contribution in [3.63, 3.8) is 0 Å². The van der Waals surface area contributed by atoms with Crippen LogP contribution in [0.1, 0.15) is 19.3 Å². The van der Waals surface area contributed by atoms with Crippen molar-refractivity contribution in [1.29, 1.82) is 0 Å². The van der Waals surface area contributed by atoms with Crippen molar-refractivity contribution in [3.05, 3.63) is 67.7 Å². The van der Waals surface area contributed by atoms with Gasteiger partial charge in [0.05, 0.1) is 50.1 Å². The molecule has 6 rings (SSSR count). The molecule has 0 aliphatic carbocycles. The summed E-state index contributed by atoms with van der Waals surface area (Å²) in [6, 6.07) is 13.8. The van der Waals surface area contributed by atoms with E-state index in [1.165, 1.54) is 6.08 Å². The lowest BCUT2D eigenvalue weighted by Crippen LogP contribution is -2.41. The largest absolute Gasteiger partial charge is 0.495 e. The molecule has 0 unspecified atom stereocenters. The van der Waals surface area contributed by atoms with E-state index in [0.717, 1.165) is 91.5 Å². The summed E-state index contributed by atoms with van der Waals surface area (Å²) in [4.78, 5) is 25.6. The molecule has 4 heterocycles. The zero-order chi connectivity index (χ0) is 31.0. The molecule has 2 N–H and O–H groups in total. The first-order valence-electron chi connectivity index (χ1n) is 15.5. The molecule has 2 fully saturated rings. The van der Waals surface area contributed by atoms with Gasteiger partial charge in [-0.05, 0) is 61.7 Å². The number of benzene rings is 2. The van der Waals surface area contributed by atoms with Gasteiger partial charge in [-0.1, -0.05) is 6.58 Å². The summed E-state index contributed by atoms with van der Waals surface area (Å²) in [5.74, 6) is 2.80. The fourth-order valence-electron chi connectivity index (χ4n) is 5.83. The lowest BCUT2D eigenvalue weighted by molar-refractivity contribution is -0.126. The van der Waals surface area contributed by atoms with Crippen molar-refractivity contribution >= 4 is 34.0 Å². The topological polar surface area (TPSA) is 114 Å². The summed E-state index contributed by atoms with van der Waals surface area (Å²) < 4.78 is 23.2. The van der Waals surface area contributed by atoms with Gasteiger partial charge in [0.2, 0.25) is 5.91 Å². The minimum absolute atomic E-state index is 0.0251. The average Bonchev–Trinajstić information content (AvgIpc) is 3.63. The maximum absolute atomic E-state index is 12.1. The molecule has 11 heteroatoms. The van der Waals surface area contributed by atoms with Gasteiger partial charge < -0.3 is 34.2 Å². The number of nitrogens with zero attached hydrogens (tertiary/aromatic N) is 4. The van der Waals surface area contributed by atoms with Gasteiger partial charge >= 0.3 is 0 Å². The number of amides is 1. The number of hydrogen-bond acceptors (Lipinski definition) is 10. The Morgan fingerprint density at radius 1 is 1.07 bits per heavy atom. The third kappa shape index (κ3) is 7.38. The Morgan fingerprint density at radius 2 is 1.91 bits per heavy atom. The van der Waals surface area contributed by atoms with Crippen LogP contribution < -0.4 is 20.1 Å². The highest BCUT2D eigenvalue weighted by molar-refractivity contribution is 5.95. The van der Waals surface area contributed by atoms with Gasteiger partial charge in [0, 0.05) is 55.8 Å². The highest BCUT2D eigenvalue weighted by Gasteiger charge is 2.23. The number of methoxy groups -OCH3 is 1. The Labute approximate surface area is 263 Å². The lowest BCUT2D eigenvalue weighted by Gasteiger charge is -2.32. The van der Waals surface area contributed by atoms with Crippen LogP contribution in [0.2, 0.25) is 0 Å². The smallest absolute Gasteiger partial charge is 0.245 e. The first kappa shape index (κ1) is 30.4. The predicted octanol–water partition coefficient (Wildman–Crippen LogP) is 5.33. The van der Waals surface area contributed by atoms with Crippen molar-refractivity contribution in [3.8, 4) is 22.8 Å². The highest BCUT2D eigenvalue weighted by atomic mass is 16.5. The van der Waals surface area contributed by atoms with Crippen molar-refractivity contribution in [2.75, 3.05) is 70.3 Å². The van der Waals surface area contributed by atoms with E-state index in [2.05, 4.69) is 38.1 Å². The molecule has 45 heavy (non-hydrogen) atoms. The molecule has 0 radical (unpaired) electrons. The molecular weight excluding hydrogens is 572 g/mol. The number of furan rings is 1. The fraction of sp³-hybridized carbons (Fsp3) is 0.382. The summed E-state index contributed by atoms with van der Waals surface area (Å²) in [7, 11) is 1.64. The van der Waals surface area contributed by atoms with Crippen LogP contribution in [0.5, 0.6) is 11.5 Å². The Balaban J connectivity index is 1.26. The summed E-state index contributed by atoms with van der Waals surface area (Å²) in [6.45, 7) is 10.0. The minimum Gasteiger partial charge on any atom is -0.495 e. The molecule has 1 amide bonds. The van der Waals surface area contributed by atoms with Gasteiger partial charge in [-0.15, -0.1) is 0 Å². The number of likely N-dealkylation sites (tertiary alicyclic amines) is 1. The zero-order valence-electron chi connectivity index (χ0n) is 25.7. The molecule has 2 aromatic carbocycles. The van der Waals surface area contributed by atoms with E-state index < -0.39 is 0 Å². The lowest BCUT2D eigenvalue weighted by atomic mass is 10.0. The molecule has 2 saturated heterocycles. The third-order valence-corrected chi connectivity index (χ3v) is 8.32. The molecule has 4 aromatic rings.